The summed E-state index contributed by atoms with van der Waals surface area (Å²) >= 11 is 0. The van der Waals surface area contributed by atoms with Crippen molar-refractivity contribution >= 4 is 29.2 Å². The number of ether oxygens (including phenoxy) is 1. The van der Waals surface area contributed by atoms with Gasteiger partial charge in [-0.25, -0.2) is 9.69 Å². The number of urea groups is 1. The largest absolute Gasteiger partial charge is 0.497 e. The Morgan fingerprint density at radius 1 is 1.03 bits per heavy atom. The highest BCUT2D eigenvalue weighted by Gasteiger charge is 2.62. The van der Waals surface area contributed by atoms with Gasteiger partial charge >= 0.3 is 6.03 Å². The number of nitrogens with zero attached hydrogens (tertiary/aromatic N) is 3. The molecule has 1 N–H and O–H groups in total. The summed E-state index contributed by atoms with van der Waals surface area (Å²) in [5.74, 6) is -0.385. The summed E-state index contributed by atoms with van der Waals surface area (Å²) in [4.78, 5) is 45.6. The molecule has 2 saturated heterocycles. The first-order chi connectivity index (χ1) is 15.0. The summed E-state index contributed by atoms with van der Waals surface area (Å²) in [7, 11) is 3.54. The molecule has 0 aromatic heterocycles. The van der Waals surface area contributed by atoms with Crippen LogP contribution in [0.1, 0.15) is 5.56 Å². The summed E-state index contributed by atoms with van der Waals surface area (Å²) in [6.07, 6.45) is 0.253. The van der Waals surface area contributed by atoms with E-state index in [1.54, 1.807) is 31.4 Å². The molecule has 0 saturated carbocycles. The van der Waals surface area contributed by atoms with Crippen LogP contribution in [-0.4, -0.2) is 62.6 Å². The number of hydrogen-bond donors (Lipinski definition) is 1. The number of barbiturate groups is 1. The van der Waals surface area contributed by atoms with E-state index in [9.17, 15) is 14.4 Å². The van der Waals surface area contributed by atoms with Crippen LogP contribution in [0.15, 0.2) is 48.5 Å². The Bertz CT molecular complexity index is 1070. The van der Waals surface area contributed by atoms with Crippen LogP contribution >= 0.6 is 0 Å². The van der Waals surface area contributed by atoms with Gasteiger partial charge in [-0.2, -0.15) is 0 Å². The maximum Gasteiger partial charge on any atom is 0.335 e. The van der Waals surface area contributed by atoms with Crippen molar-refractivity contribution in [2.45, 2.75) is 12.5 Å². The number of anilines is 2. The molecule has 2 aromatic carbocycles. The zero-order chi connectivity index (χ0) is 21.8. The van der Waals surface area contributed by atoms with E-state index in [-0.39, 0.29) is 12.5 Å². The highest BCUT2D eigenvalue weighted by atomic mass is 16.5. The van der Waals surface area contributed by atoms with Crippen molar-refractivity contribution in [1.29, 1.82) is 0 Å². The lowest BCUT2D eigenvalue weighted by Crippen LogP contribution is -2.75. The number of benzene rings is 2. The number of likely N-dealkylation sites (N-methyl/N-ethyl adjacent to an activating group) is 1. The number of carbonyl (C=O) groups is 3. The fourth-order valence-corrected chi connectivity index (χ4v) is 5.06. The third-order valence-electron chi connectivity index (χ3n) is 6.67. The number of fused-ring (bicyclic) bond motifs is 4. The first-order valence-corrected chi connectivity index (χ1v) is 10.3. The normalized spacial score (nSPS) is 25.9. The van der Waals surface area contributed by atoms with Crippen molar-refractivity contribution in [2.75, 3.05) is 43.6 Å². The molecular weight excluding hydrogens is 396 g/mol. The van der Waals surface area contributed by atoms with Crippen molar-refractivity contribution in [3.05, 3.63) is 54.1 Å². The SMILES string of the molecule is COc1ccc(N2C(=O)NC(=O)[C@@]3(Cc4ccccc4N4CCN(C)C[C@H]43)C2=O)cc1. The Kier molecular flexibility index (Phi) is 4.48. The van der Waals surface area contributed by atoms with Gasteiger partial charge in [0.05, 0.1) is 18.8 Å². The van der Waals surface area contributed by atoms with Crippen molar-refractivity contribution in [1.82, 2.24) is 10.2 Å². The van der Waals surface area contributed by atoms with E-state index in [1.807, 2.05) is 31.3 Å². The van der Waals surface area contributed by atoms with Crippen LogP contribution in [0.4, 0.5) is 16.2 Å². The second-order valence-electron chi connectivity index (χ2n) is 8.35. The first kappa shape index (κ1) is 19.6. The monoisotopic (exact) mass is 420 g/mol. The van der Waals surface area contributed by atoms with Crippen molar-refractivity contribution in [3.8, 4) is 5.75 Å². The third kappa shape index (κ3) is 2.82. The molecule has 0 bridgehead atoms. The van der Waals surface area contributed by atoms with Gasteiger partial charge < -0.3 is 14.5 Å². The van der Waals surface area contributed by atoms with Gasteiger partial charge in [0, 0.05) is 25.3 Å². The quantitative estimate of drug-likeness (QED) is 0.744. The van der Waals surface area contributed by atoms with Gasteiger partial charge in [-0.1, -0.05) is 18.2 Å². The second kappa shape index (κ2) is 7.09. The van der Waals surface area contributed by atoms with Crippen molar-refractivity contribution in [3.63, 3.8) is 0 Å². The van der Waals surface area contributed by atoms with E-state index in [0.29, 0.717) is 24.5 Å². The van der Waals surface area contributed by atoms with E-state index >= 15 is 0 Å². The summed E-state index contributed by atoms with van der Waals surface area (Å²) < 4.78 is 5.19. The molecular formula is C23H24N4O4. The molecule has 2 atom stereocenters. The minimum atomic E-state index is -1.39. The molecule has 0 radical (unpaired) electrons. The van der Waals surface area contributed by atoms with Crippen molar-refractivity contribution in [2.24, 2.45) is 5.41 Å². The van der Waals surface area contributed by atoms with E-state index in [0.717, 1.165) is 22.7 Å². The Morgan fingerprint density at radius 3 is 2.52 bits per heavy atom. The summed E-state index contributed by atoms with van der Waals surface area (Å²) in [6, 6.07) is 13.5. The average Bonchev–Trinajstić information content (AvgIpc) is 2.78. The molecule has 1 spiro atoms. The molecule has 2 aromatic rings. The Balaban J connectivity index is 1.64. The maximum atomic E-state index is 14.0. The number of nitrogens with one attached hydrogen (secondary N) is 1. The number of hydrogen-bond acceptors (Lipinski definition) is 6. The van der Waals surface area contributed by atoms with E-state index in [1.165, 1.54) is 0 Å². The zero-order valence-electron chi connectivity index (χ0n) is 17.5. The summed E-state index contributed by atoms with van der Waals surface area (Å²) in [6.45, 7) is 2.09. The van der Waals surface area contributed by atoms with E-state index in [2.05, 4.69) is 15.1 Å². The average molecular weight is 420 g/mol. The molecule has 8 nitrogen and oxygen atoms in total. The van der Waals surface area contributed by atoms with E-state index in [4.69, 9.17) is 4.74 Å². The summed E-state index contributed by atoms with van der Waals surface area (Å²) in [5, 5.41) is 2.48. The predicted molar refractivity (Wildman–Crippen MR) is 115 cm³/mol. The van der Waals surface area contributed by atoms with Crippen LogP contribution in [0.2, 0.25) is 0 Å². The molecule has 5 rings (SSSR count). The molecule has 31 heavy (non-hydrogen) atoms. The Hall–Kier alpha value is -3.39. The lowest BCUT2D eigenvalue weighted by molar-refractivity contribution is -0.145. The molecule has 3 heterocycles. The fraction of sp³-hybridized carbons (Fsp3) is 0.348. The standard InChI is InChI=1S/C23H24N4O4/c1-25-11-12-26-18-6-4-3-5-15(18)13-23(19(26)14-25)20(28)24-22(30)27(21(23)29)16-7-9-17(31-2)10-8-16/h3-10,19H,11-14H2,1-2H3,(H,24,28,30)/t19-,23-/m0/s1. The molecule has 2 fully saturated rings. The number of methoxy groups -OCH3 is 1. The first-order valence-electron chi connectivity index (χ1n) is 10.3. The second-order valence-corrected chi connectivity index (χ2v) is 8.35. The predicted octanol–water partition coefficient (Wildman–Crippen LogP) is 1.64. The maximum absolute atomic E-state index is 14.0. The lowest BCUT2D eigenvalue weighted by atomic mass is 9.67. The number of rotatable bonds is 2. The molecule has 8 heteroatoms. The van der Waals surface area contributed by atoms with Crippen molar-refractivity contribution < 1.29 is 19.1 Å². The molecule has 160 valence electrons. The Labute approximate surface area is 180 Å². The molecule has 3 aliphatic heterocycles. The number of carbonyl (C=O) groups excluding carboxylic acids is 3. The summed E-state index contributed by atoms with van der Waals surface area (Å²) in [5.41, 5.74) is 1.01. The zero-order valence-corrected chi connectivity index (χ0v) is 17.5. The lowest BCUT2D eigenvalue weighted by Gasteiger charge is -2.55. The topological polar surface area (TPSA) is 82.2 Å². The molecule has 0 aliphatic carbocycles. The van der Waals surface area contributed by atoms with Crippen LogP contribution in [0.25, 0.3) is 0 Å². The fourth-order valence-electron chi connectivity index (χ4n) is 5.06. The minimum Gasteiger partial charge on any atom is -0.497 e. The minimum absolute atomic E-state index is 0.253. The highest BCUT2D eigenvalue weighted by molar-refractivity contribution is 6.30. The van der Waals surface area contributed by atoms with Crippen LogP contribution in [0, 0.1) is 5.41 Å². The smallest absolute Gasteiger partial charge is 0.335 e. The van der Waals surface area contributed by atoms with Gasteiger partial charge in [-0.3, -0.25) is 14.9 Å². The van der Waals surface area contributed by atoms with Crippen LogP contribution < -0.4 is 19.9 Å². The van der Waals surface area contributed by atoms with Crippen LogP contribution in [-0.2, 0) is 16.0 Å². The van der Waals surface area contributed by atoms with Gasteiger partial charge in [-0.15, -0.1) is 0 Å². The molecule has 0 unspecified atom stereocenters. The van der Waals surface area contributed by atoms with Gasteiger partial charge in [0.15, 0.2) is 5.41 Å². The number of piperazine rings is 1. The van der Waals surface area contributed by atoms with Gasteiger partial charge in [0.25, 0.3) is 5.91 Å². The van der Waals surface area contributed by atoms with Gasteiger partial charge in [-0.05, 0) is 49.4 Å². The molecule has 4 amide bonds. The number of imide groups is 2. The van der Waals surface area contributed by atoms with Gasteiger partial charge in [0.1, 0.15) is 5.75 Å². The van der Waals surface area contributed by atoms with E-state index < -0.39 is 23.3 Å². The number of para-hydroxylation sites is 1. The molecule has 3 aliphatic rings. The Morgan fingerprint density at radius 2 is 1.77 bits per heavy atom. The van der Waals surface area contributed by atoms with Crippen LogP contribution in [0.5, 0.6) is 5.75 Å². The van der Waals surface area contributed by atoms with Crippen LogP contribution in [0.3, 0.4) is 0 Å². The third-order valence-corrected chi connectivity index (χ3v) is 6.67. The number of amides is 4. The highest BCUT2D eigenvalue weighted by Crippen LogP contribution is 2.46. The van der Waals surface area contributed by atoms with Gasteiger partial charge in [0.2, 0.25) is 5.91 Å².